The summed E-state index contributed by atoms with van der Waals surface area (Å²) in [6.07, 6.45) is -1.43. The lowest BCUT2D eigenvalue weighted by Crippen LogP contribution is -2.28. The van der Waals surface area contributed by atoms with Gasteiger partial charge in [-0.25, -0.2) is 19.3 Å². The Morgan fingerprint density at radius 3 is 2.86 bits per heavy atom. The zero-order valence-corrected chi connectivity index (χ0v) is 14.8. The van der Waals surface area contributed by atoms with E-state index in [-0.39, 0.29) is 22.9 Å². The number of benzene rings is 1. The number of anilines is 1. The van der Waals surface area contributed by atoms with Crippen LogP contribution in [0.1, 0.15) is 16.6 Å². The molecule has 11 nitrogen and oxygen atoms in total. The summed E-state index contributed by atoms with van der Waals surface area (Å²) in [5.41, 5.74) is 9.52. The molecule has 0 spiro atoms. The van der Waals surface area contributed by atoms with E-state index in [9.17, 15) is 14.3 Å². The second kappa shape index (κ2) is 7.80. The van der Waals surface area contributed by atoms with E-state index in [1.165, 1.54) is 17.2 Å². The Morgan fingerprint density at radius 2 is 2.14 bits per heavy atom. The summed E-state index contributed by atoms with van der Waals surface area (Å²) in [5, 5.41) is 15.4. The van der Waals surface area contributed by atoms with Gasteiger partial charge in [-0.15, -0.1) is 0 Å². The zero-order valence-electron chi connectivity index (χ0n) is 14.8. The average Bonchev–Trinajstić information content (AvgIpc) is 3.31. The van der Waals surface area contributed by atoms with E-state index in [0.29, 0.717) is 5.56 Å². The van der Waals surface area contributed by atoms with Gasteiger partial charge in [-0.3, -0.25) is 9.36 Å². The quantitative estimate of drug-likeness (QED) is 0.381. The van der Waals surface area contributed by atoms with Crippen LogP contribution >= 0.6 is 0 Å². The van der Waals surface area contributed by atoms with Crippen LogP contribution in [0.2, 0.25) is 0 Å². The highest BCUT2D eigenvalue weighted by Crippen LogP contribution is 2.35. The van der Waals surface area contributed by atoms with Crippen molar-refractivity contribution in [3.8, 4) is 0 Å². The number of aromatic nitrogens is 4. The zero-order chi connectivity index (χ0) is 20.4. The molecule has 12 heteroatoms. The van der Waals surface area contributed by atoms with Gasteiger partial charge in [0.25, 0.3) is 5.91 Å². The van der Waals surface area contributed by atoms with Crippen LogP contribution < -0.4 is 5.32 Å². The first kappa shape index (κ1) is 18.7. The van der Waals surface area contributed by atoms with Gasteiger partial charge in [-0.2, -0.15) is 0 Å². The predicted octanol–water partition coefficient (Wildman–Crippen LogP) is 1.99. The number of azide groups is 1. The first-order chi connectivity index (χ1) is 14.1. The van der Waals surface area contributed by atoms with E-state index in [2.05, 4.69) is 30.3 Å². The van der Waals surface area contributed by atoms with Crippen molar-refractivity contribution >= 4 is 22.9 Å². The second-order valence-corrected chi connectivity index (χ2v) is 6.25. The Bertz CT molecular complexity index is 1080. The Morgan fingerprint density at radius 1 is 1.34 bits per heavy atom. The van der Waals surface area contributed by atoms with Crippen molar-refractivity contribution in [1.29, 1.82) is 0 Å². The first-order valence-electron chi connectivity index (χ1n) is 8.62. The van der Waals surface area contributed by atoms with Gasteiger partial charge < -0.3 is 15.2 Å². The number of ether oxygens (including phenoxy) is 1. The van der Waals surface area contributed by atoms with E-state index in [0.717, 1.165) is 0 Å². The Hall–Kier alpha value is -3.60. The number of halogens is 1. The molecule has 0 saturated carbocycles. The second-order valence-electron chi connectivity index (χ2n) is 6.25. The molecule has 1 amide bonds. The number of fused-ring (bicyclic) bond motifs is 1. The molecule has 1 fully saturated rings. The minimum atomic E-state index is -1.72. The predicted molar refractivity (Wildman–Crippen MR) is 98.5 cm³/mol. The number of carbonyl (C=O) groups excluding carboxylic acids is 1. The van der Waals surface area contributed by atoms with Crippen LogP contribution in [0.5, 0.6) is 0 Å². The van der Waals surface area contributed by atoms with Crippen molar-refractivity contribution in [1.82, 2.24) is 19.5 Å². The summed E-state index contributed by atoms with van der Waals surface area (Å²) >= 11 is 0. The van der Waals surface area contributed by atoms with Crippen molar-refractivity contribution in [2.45, 2.75) is 24.5 Å². The van der Waals surface area contributed by atoms with Crippen molar-refractivity contribution in [2.75, 3.05) is 11.9 Å². The fourth-order valence-electron chi connectivity index (χ4n) is 3.17. The third-order valence-corrected chi connectivity index (χ3v) is 4.56. The molecular weight excluding hydrogens is 383 g/mol. The summed E-state index contributed by atoms with van der Waals surface area (Å²) in [6, 6.07) is 7.37. The number of aliphatic hydroxyl groups excluding tert-OH is 1. The largest absolute Gasteiger partial charge is 0.394 e. The average molecular weight is 398 g/mol. The molecule has 2 N–H and O–H groups in total. The van der Waals surface area contributed by atoms with Gasteiger partial charge in [0.05, 0.1) is 19.0 Å². The minimum absolute atomic E-state index is 0.154. The molecule has 0 radical (unpaired) electrons. The summed E-state index contributed by atoms with van der Waals surface area (Å²) in [4.78, 5) is 27.4. The van der Waals surface area contributed by atoms with Gasteiger partial charge in [-0.05, 0) is 17.7 Å². The highest BCUT2D eigenvalue weighted by Gasteiger charge is 2.46. The fourth-order valence-corrected chi connectivity index (χ4v) is 3.17. The number of nitrogens with one attached hydrogen (secondary N) is 1. The van der Waals surface area contributed by atoms with Gasteiger partial charge in [0.1, 0.15) is 12.4 Å². The maximum Gasteiger partial charge on any atom is 0.256 e. The number of rotatable bonds is 5. The van der Waals surface area contributed by atoms with Gasteiger partial charge in [0.2, 0.25) is 0 Å². The third kappa shape index (κ3) is 3.36. The van der Waals surface area contributed by atoms with Crippen molar-refractivity contribution in [3.05, 3.63) is 59.0 Å². The van der Waals surface area contributed by atoms with Crippen LogP contribution in [0.25, 0.3) is 21.6 Å². The minimum Gasteiger partial charge on any atom is -0.394 e. The van der Waals surface area contributed by atoms with E-state index < -0.39 is 31.2 Å². The summed E-state index contributed by atoms with van der Waals surface area (Å²) in [6.45, 7) is -0.513. The summed E-state index contributed by atoms with van der Waals surface area (Å²) in [7, 11) is 0. The van der Waals surface area contributed by atoms with Crippen LogP contribution in [-0.4, -0.2) is 55.5 Å². The third-order valence-electron chi connectivity index (χ3n) is 4.56. The number of alkyl halides is 1. The number of carbonyl (C=O) groups is 1. The molecule has 29 heavy (non-hydrogen) atoms. The number of imidazole rings is 1. The Kier molecular flexibility index (Phi) is 5.04. The van der Waals surface area contributed by atoms with Crippen LogP contribution in [0.15, 0.2) is 48.1 Å². The molecule has 0 aliphatic carbocycles. The normalized spacial score (nSPS) is 23.7. The van der Waals surface area contributed by atoms with E-state index in [1.54, 1.807) is 30.3 Å². The highest BCUT2D eigenvalue weighted by atomic mass is 19.1. The lowest BCUT2D eigenvalue weighted by atomic mass is 10.1. The molecule has 4 unspecified atom stereocenters. The maximum absolute atomic E-state index is 14.8. The standard InChI is InChI=1S/C17H15FN8O3/c18-11-12(24-25-19)10(6-27)29-17(11)26-8-22-13-14(20-7-21-15(13)26)23-16(28)9-4-2-1-3-5-9/h1-5,7-8,10-12,17,27H,6H2,(H,20,21,23,28). The molecule has 1 saturated heterocycles. The van der Waals surface area contributed by atoms with Gasteiger partial charge in [0, 0.05) is 10.5 Å². The van der Waals surface area contributed by atoms with E-state index in [1.807, 2.05) is 0 Å². The lowest BCUT2D eigenvalue weighted by Gasteiger charge is -2.15. The molecule has 3 aromatic rings. The molecule has 3 heterocycles. The number of aliphatic hydroxyl groups is 1. The van der Waals surface area contributed by atoms with Crippen LogP contribution in [0.4, 0.5) is 10.2 Å². The number of amides is 1. The topological polar surface area (TPSA) is 151 Å². The maximum atomic E-state index is 14.8. The molecule has 2 aromatic heterocycles. The summed E-state index contributed by atoms with van der Waals surface area (Å²) in [5.74, 6) is -0.231. The Balaban J connectivity index is 1.66. The van der Waals surface area contributed by atoms with Crippen LogP contribution in [-0.2, 0) is 4.74 Å². The number of hydrogen-bond acceptors (Lipinski definition) is 7. The van der Waals surface area contributed by atoms with Crippen molar-refractivity contribution in [2.24, 2.45) is 5.11 Å². The molecule has 4 atom stereocenters. The van der Waals surface area contributed by atoms with Crippen LogP contribution in [0.3, 0.4) is 0 Å². The van der Waals surface area contributed by atoms with Crippen molar-refractivity contribution < 1.29 is 19.0 Å². The van der Waals surface area contributed by atoms with E-state index in [4.69, 9.17) is 10.3 Å². The molecule has 0 bridgehead atoms. The molecule has 1 aliphatic heterocycles. The Labute approximate surface area is 162 Å². The lowest BCUT2D eigenvalue weighted by molar-refractivity contribution is -0.0360. The molecule has 1 aliphatic rings. The molecular formula is C17H15FN8O3. The summed E-state index contributed by atoms with van der Waals surface area (Å²) < 4.78 is 21.7. The first-order valence-corrected chi connectivity index (χ1v) is 8.62. The molecule has 148 valence electrons. The van der Waals surface area contributed by atoms with Crippen molar-refractivity contribution in [3.63, 3.8) is 0 Å². The number of hydrogen-bond donors (Lipinski definition) is 2. The highest BCUT2D eigenvalue weighted by molar-refractivity contribution is 6.06. The van der Waals surface area contributed by atoms with Gasteiger partial charge >= 0.3 is 0 Å². The SMILES string of the molecule is [N-]=[N+]=NC1C(CO)OC(n2cnc3c(NC(=O)c4ccccc4)ncnc32)C1F. The van der Waals surface area contributed by atoms with Crippen LogP contribution in [0, 0.1) is 0 Å². The van der Waals surface area contributed by atoms with E-state index >= 15 is 0 Å². The smallest absolute Gasteiger partial charge is 0.256 e. The van der Waals surface area contributed by atoms with Gasteiger partial charge in [0.15, 0.2) is 29.4 Å². The van der Waals surface area contributed by atoms with Gasteiger partial charge in [-0.1, -0.05) is 23.3 Å². The number of nitrogens with zero attached hydrogens (tertiary/aromatic N) is 7. The molecule has 4 rings (SSSR count). The fraction of sp³-hybridized carbons (Fsp3) is 0.294. The molecule has 1 aromatic carbocycles. The monoisotopic (exact) mass is 398 g/mol.